The number of hydrogen-bond donors (Lipinski definition) is 1. The van der Waals surface area contributed by atoms with Crippen molar-refractivity contribution in [2.24, 2.45) is 0 Å². The number of para-hydroxylation sites is 1. The minimum Gasteiger partial charge on any atom is -0.481 e. The van der Waals surface area contributed by atoms with Gasteiger partial charge in [-0.25, -0.2) is 4.98 Å². The first kappa shape index (κ1) is 25.6. The van der Waals surface area contributed by atoms with Crippen molar-refractivity contribution in [3.63, 3.8) is 0 Å². The number of nitrogens with zero attached hydrogens (tertiary/aromatic N) is 7. The molecule has 0 radical (unpaired) electrons. The molecule has 0 saturated heterocycles. The van der Waals surface area contributed by atoms with Crippen LogP contribution in [0.2, 0.25) is 5.02 Å². The van der Waals surface area contributed by atoms with Crippen LogP contribution in [0.5, 0.6) is 5.88 Å². The highest BCUT2D eigenvalue weighted by Crippen LogP contribution is 2.44. The van der Waals surface area contributed by atoms with Crippen LogP contribution in [0.25, 0.3) is 34.7 Å². The molecular weight excluding hydrogens is 526 g/mol. The number of methoxy groups -OCH3 is 1. The highest BCUT2D eigenvalue weighted by molar-refractivity contribution is 8.28. The highest BCUT2D eigenvalue weighted by Gasteiger charge is 2.18. The number of pyridine rings is 2. The number of hydrogen-bond acceptors (Lipinski definition) is 9. The lowest BCUT2D eigenvalue weighted by Gasteiger charge is -2.23. The van der Waals surface area contributed by atoms with Crippen LogP contribution >= 0.6 is 21.9 Å². The van der Waals surface area contributed by atoms with Gasteiger partial charge in [-0.15, -0.1) is 30.7 Å². The maximum atomic E-state index is 10.4. The molecule has 0 aliphatic heterocycles. The van der Waals surface area contributed by atoms with Gasteiger partial charge in [-0.3, -0.25) is 9.55 Å². The predicted octanol–water partition coefficient (Wildman–Crippen LogP) is 5.59. The van der Waals surface area contributed by atoms with E-state index in [9.17, 15) is 4.55 Å². The summed E-state index contributed by atoms with van der Waals surface area (Å²) in [7, 11) is -0.344. The van der Waals surface area contributed by atoms with Crippen LogP contribution in [0, 0.1) is 0 Å². The Balaban J connectivity index is 1.44. The summed E-state index contributed by atoms with van der Waals surface area (Å²) >= 11 is 6.55. The van der Waals surface area contributed by atoms with Crippen molar-refractivity contribution in [1.82, 2.24) is 34.9 Å². The van der Waals surface area contributed by atoms with Crippen LogP contribution in [0.1, 0.15) is 11.7 Å². The number of aromatic nitrogens is 7. The summed E-state index contributed by atoms with van der Waals surface area (Å²) in [5.41, 5.74) is 2.02. The van der Waals surface area contributed by atoms with E-state index >= 15 is 0 Å². The second-order valence-electron chi connectivity index (χ2n) is 8.52. The molecule has 5 aromatic rings. The van der Waals surface area contributed by atoms with E-state index in [1.54, 1.807) is 50.2 Å². The Morgan fingerprint density at radius 1 is 1.05 bits per heavy atom. The molecule has 10 nitrogen and oxygen atoms in total. The van der Waals surface area contributed by atoms with E-state index in [2.05, 4.69) is 30.4 Å². The number of benzene rings is 1. The normalized spacial score (nSPS) is 12.2. The van der Waals surface area contributed by atoms with E-state index in [-0.39, 0.29) is 0 Å². The molecule has 0 atom stereocenters. The lowest BCUT2D eigenvalue weighted by Crippen LogP contribution is -2.02. The second-order valence-corrected chi connectivity index (χ2v) is 11.9. The highest BCUT2D eigenvalue weighted by atomic mass is 35.5. The molecule has 0 aliphatic rings. The standard InChI is InChI=1S/C26H24ClN7O3S/c1-36-24-15-17(13-14-28-24)26-33-31-23(37-26)10-6-9-22-30-32-25(34(22)21-8-5-4-7-19(21)27)20-12-11-18(16-29-20)38(2,3)35/h4-9,11-16,35H,10H2,1-3H3. The Morgan fingerprint density at radius 2 is 1.89 bits per heavy atom. The van der Waals surface area contributed by atoms with Gasteiger partial charge in [-0.2, -0.15) is 0 Å². The van der Waals surface area contributed by atoms with Gasteiger partial charge < -0.3 is 13.7 Å². The van der Waals surface area contributed by atoms with E-state index in [1.807, 2.05) is 47.1 Å². The first-order valence-corrected chi connectivity index (χ1v) is 14.2. The summed E-state index contributed by atoms with van der Waals surface area (Å²) in [5.74, 6) is 2.33. The van der Waals surface area contributed by atoms with Crippen molar-refractivity contribution in [1.29, 1.82) is 0 Å². The summed E-state index contributed by atoms with van der Waals surface area (Å²) in [6.45, 7) is 0. The summed E-state index contributed by atoms with van der Waals surface area (Å²) in [4.78, 5) is 9.40. The van der Waals surface area contributed by atoms with Gasteiger partial charge in [0.2, 0.25) is 17.7 Å². The molecule has 12 heteroatoms. The van der Waals surface area contributed by atoms with Gasteiger partial charge in [0.15, 0.2) is 11.6 Å². The summed E-state index contributed by atoms with van der Waals surface area (Å²) in [6.07, 6.45) is 10.9. The zero-order valence-corrected chi connectivity index (χ0v) is 22.4. The molecule has 0 amide bonds. The predicted molar refractivity (Wildman–Crippen MR) is 147 cm³/mol. The minimum atomic E-state index is -1.89. The Kier molecular flexibility index (Phi) is 7.23. The van der Waals surface area contributed by atoms with E-state index in [0.717, 1.165) is 4.90 Å². The van der Waals surface area contributed by atoms with Crippen molar-refractivity contribution < 1.29 is 13.7 Å². The van der Waals surface area contributed by atoms with Crippen molar-refractivity contribution in [3.8, 4) is 34.5 Å². The van der Waals surface area contributed by atoms with Gasteiger partial charge in [-0.1, -0.05) is 29.8 Å². The Labute approximate surface area is 225 Å². The molecule has 4 aromatic heterocycles. The number of ether oxygens (including phenoxy) is 1. The Bertz CT molecular complexity index is 1590. The molecular formula is C26H24ClN7O3S. The topological polar surface area (TPSA) is 125 Å². The molecule has 0 unspecified atom stereocenters. The largest absolute Gasteiger partial charge is 0.481 e. The molecule has 0 spiro atoms. The fraction of sp³-hybridized carbons (Fsp3) is 0.154. The quantitative estimate of drug-likeness (QED) is 0.263. The lowest BCUT2D eigenvalue weighted by molar-refractivity contribution is 0.398. The number of rotatable bonds is 8. The molecule has 5 rings (SSSR count). The summed E-state index contributed by atoms with van der Waals surface area (Å²) < 4.78 is 23.2. The third-order valence-corrected chi connectivity index (χ3v) is 7.26. The summed E-state index contributed by atoms with van der Waals surface area (Å²) in [5, 5.41) is 17.6. The van der Waals surface area contributed by atoms with Gasteiger partial charge in [0.1, 0.15) is 5.69 Å². The van der Waals surface area contributed by atoms with Crippen LogP contribution < -0.4 is 4.74 Å². The molecule has 0 bridgehead atoms. The van der Waals surface area contributed by atoms with Crippen LogP contribution in [0.4, 0.5) is 0 Å². The molecule has 1 N–H and O–H groups in total. The third kappa shape index (κ3) is 5.44. The van der Waals surface area contributed by atoms with E-state index in [0.29, 0.717) is 57.7 Å². The molecule has 0 fully saturated rings. The zero-order valence-electron chi connectivity index (χ0n) is 20.8. The van der Waals surface area contributed by atoms with Gasteiger partial charge in [-0.05, 0) is 48.9 Å². The monoisotopic (exact) mass is 549 g/mol. The zero-order chi connectivity index (χ0) is 26.7. The van der Waals surface area contributed by atoms with Crippen molar-refractivity contribution in [2.75, 3.05) is 19.6 Å². The number of allylic oxidation sites excluding steroid dienone is 1. The second kappa shape index (κ2) is 10.7. The lowest BCUT2D eigenvalue weighted by atomic mass is 10.2. The van der Waals surface area contributed by atoms with Crippen LogP contribution in [-0.4, -0.2) is 59.1 Å². The molecule has 1 aromatic carbocycles. The molecule has 0 aliphatic carbocycles. The fourth-order valence-electron chi connectivity index (χ4n) is 3.62. The van der Waals surface area contributed by atoms with Crippen LogP contribution in [-0.2, 0) is 6.42 Å². The van der Waals surface area contributed by atoms with Crippen molar-refractivity contribution in [3.05, 3.63) is 83.7 Å². The summed E-state index contributed by atoms with van der Waals surface area (Å²) in [6, 6.07) is 14.6. The fourth-order valence-corrected chi connectivity index (χ4v) is 4.55. The average Bonchev–Trinajstić information content (AvgIpc) is 3.56. The molecule has 38 heavy (non-hydrogen) atoms. The Hall–Kier alpha value is -4.06. The van der Waals surface area contributed by atoms with Crippen LogP contribution in [0.15, 0.2) is 76.3 Å². The smallest absolute Gasteiger partial charge is 0.248 e. The van der Waals surface area contributed by atoms with E-state index in [4.69, 9.17) is 20.8 Å². The van der Waals surface area contributed by atoms with Gasteiger partial charge in [0.05, 0.1) is 17.8 Å². The first-order valence-electron chi connectivity index (χ1n) is 11.5. The molecule has 0 saturated carbocycles. The molecule has 194 valence electrons. The SMILES string of the molecule is COc1cc(-c2nnc(CC=Cc3nnc(-c4ccc(S(C)(C)O)cn4)n3-c3ccccc3Cl)o2)ccn1. The van der Waals surface area contributed by atoms with Crippen molar-refractivity contribution in [2.45, 2.75) is 11.3 Å². The van der Waals surface area contributed by atoms with E-state index < -0.39 is 10.3 Å². The molecule has 4 heterocycles. The van der Waals surface area contributed by atoms with Crippen LogP contribution in [0.3, 0.4) is 0 Å². The maximum Gasteiger partial charge on any atom is 0.248 e. The third-order valence-electron chi connectivity index (χ3n) is 5.54. The van der Waals surface area contributed by atoms with Gasteiger partial charge in [0, 0.05) is 35.3 Å². The van der Waals surface area contributed by atoms with Crippen molar-refractivity contribution >= 4 is 28.0 Å². The van der Waals surface area contributed by atoms with E-state index in [1.165, 1.54) is 0 Å². The van der Waals surface area contributed by atoms with Gasteiger partial charge >= 0.3 is 0 Å². The number of halogens is 1. The van der Waals surface area contributed by atoms with Gasteiger partial charge in [0.25, 0.3) is 0 Å². The maximum absolute atomic E-state index is 10.4. The minimum absolute atomic E-state index is 0.373. The average molecular weight is 550 g/mol. The Morgan fingerprint density at radius 3 is 2.63 bits per heavy atom. The first-order chi connectivity index (χ1) is 18.3.